The topological polar surface area (TPSA) is 53.2 Å². The van der Waals surface area contributed by atoms with Crippen LogP contribution >= 0.6 is 0 Å². The summed E-state index contributed by atoms with van der Waals surface area (Å²) in [4.78, 5) is 0. The number of hydrogen-bond acceptors (Lipinski definition) is 3. The van der Waals surface area contributed by atoms with Crippen molar-refractivity contribution in [3.63, 3.8) is 0 Å². The first-order valence-electron chi connectivity index (χ1n) is 5.72. The second kappa shape index (κ2) is 5.31. The second-order valence-electron chi connectivity index (χ2n) is 4.46. The van der Waals surface area contributed by atoms with Gasteiger partial charge in [0.05, 0.1) is 18.1 Å². The highest BCUT2D eigenvalue weighted by molar-refractivity contribution is 5.28. The van der Waals surface area contributed by atoms with Crippen molar-refractivity contribution < 1.29 is 9.84 Å². The van der Waals surface area contributed by atoms with Gasteiger partial charge >= 0.3 is 0 Å². The molecule has 0 saturated heterocycles. The van der Waals surface area contributed by atoms with Crippen LogP contribution in [0.15, 0.2) is 30.3 Å². The number of aliphatic hydroxyl groups is 1. The molecule has 17 heavy (non-hydrogen) atoms. The van der Waals surface area contributed by atoms with Gasteiger partial charge in [-0.2, -0.15) is 5.26 Å². The van der Waals surface area contributed by atoms with Gasteiger partial charge in [0.15, 0.2) is 0 Å². The highest BCUT2D eigenvalue weighted by Crippen LogP contribution is 2.42. The summed E-state index contributed by atoms with van der Waals surface area (Å²) in [6.45, 7) is 3.76. The molecule has 0 fully saturated rings. The molecule has 1 N–H and O–H groups in total. The van der Waals surface area contributed by atoms with Crippen molar-refractivity contribution >= 4 is 0 Å². The molecule has 3 heteroatoms. The van der Waals surface area contributed by atoms with Crippen LogP contribution in [0, 0.1) is 16.7 Å². The van der Waals surface area contributed by atoms with Crippen LogP contribution in [0.1, 0.15) is 25.8 Å². The van der Waals surface area contributed by atoms with Gasteiger partial charge in [-0.15, -0.1) is 0 Å². The lowest BCUT2D eigenvalue weighted by Gasteiger charge is -2.39. The highest BCUT2D eigenvalue weighted by atomic mass is 16.5. The first-order valence-corrected chi connectivity index (χ1v) is 5.72. The quantitative estimate of drug-likeness (QED) is 0.850. The van der Waals surface area contributed by atoms with E-state index in [1.165, 1.54) is 7.11 Å². The van der Waals surface area contributed by atoms with Crippen LogP contribution in [-0.4, -0.2) is 18.8 Å². The van der Waals surface area contributed by atoms with Crippen LogP contribution in [0.3, 0.4) is 0 Å². The van der Waals surface area contributed by atoms with E-state index in [9.17, 15) is 10.4 Å². The SMILES string of the molecule is CCC(C)(C#N)C(O)(COC)c1ccccc1. The molecule has 0 amide bonds. The third-order valence-corrected chi connectivity index (χ3v) is 3.47. The van der Waals surface area contributed by atoms with Crippen LogP contribution in [0.4, 0.5) is 0 Å². The first kappa shape index (κ1) is 13.7. The van der Waals surface area contributed by atoms with E-state index in [0.29, 0.717) is 12.0 Å². The van der Waals surface area contributed by atoms with Crippen LogP contribution in [0.2, 0.25) is 0 Å². The summed E-state index contributed by atoms with van der Waals surface area (Å²) in [6, 6.07) is 11.5. The van der Waals surface area contributed by atoms with Gasteiger partial charge in [0, 0.05) is 7.11 Å². The fourth-order valence-corrected chi connectivity index (χ4v) is 1.95. The molecular formula is C14H19NO2. The first-order chi connectivity index (χ1) is 8.04. The minimum absolute atomic E-state index is 0.106. The number of nitriles is 1. The molecule has 0 saturated carbocycles. The summed E-state index contributed by atoms with van der Waals surface area (Å²) < 4.78 is 5.11. The van der Waals surface area contributed by atoms with Crippen molar-refractivity contribution in [1.82, 2.24) is 0 Å². The zero-order valence-electron chi connectivity index (χ0n) is 10.6. The predicted molar refractivity (Wildman–Crippen MR) is 66.2 cm³/mol. The Morgan fingerprint density at radius 3 is 2.35 bits per heavy atom. The van der Waals surface area contributed by atoms with Crippen molar-refractivity contribution in [2.45, 2.75) is 25.9 Å². The minimum Gasteiger partial charge on any atom is -0.381 e. The molecule has 0 aliphatic carbocycles. The number of nitrogens with zero attached hydrogens (tertiary/aromatic N) is 1. The van der Waals surface area contributed by atoms with E-state index in [4.69, 9.17) is 4.74 Å². The molecule has 2 unspecified atom stereocenters. The normalized spacial score (nSPS) is 17.8. The summed E-state index contributed by atoms with van der Waals surface area (Å²) in [5, 5.41) is 20.2. The van der Waals surface area contributed by atoms with E-state index in [0.717, 1.165) is 0 Å². The van der Waals surface area contributed by atoms with Crippen molar-refractivity contribution in [3.05, 3.63) is 35.9 Å². The predicted octanol–water partition coefficient (Wildman–Crippen LogP) is 2.46. The van der Waals surface area contributed by atoms with Gasteiger partial charge in [0.25, 0.3) is 0 Å². The monoisotopic (exact) mass is 233 g/mol. The molecule has 1 rings (SSSR count). The Balaban J connectivity index is 3.28. The number of benzene rings is 1. The number of hydrogen-bond donors (Lipinski definition) is 1. The lowest BCUT2D eigenvalue weighted by Crippen LogP contribution is -2.46. The summed E-state index contributed by atoms with van der Waals surface area (Å²) in [5.41, 5.74) is -1.44. The standard InChI is InChI=1S/C14H19NO2/c1-4-13(2,10-15)14(16,11-17-3)12-8-6-5-7-9-12/h5-9,16H,4,11H2,1-3H3. The van der Waals surface area contributed by atoms with E-state index in [1.54, 1.807) is 6.92 Å². The molecule has 3 nitrogen and oxygen atoms in total. The molecule has 0 heterocycles. The summed E-state index contributed by atoms with van der Waals surface area (Å²) in [7, 11) is 1.53. The minimum atomic E-state index is -1.29. The maximum atomic E-state index is 10.9. The Morgan fingerprint density at radius 2 is 1.94 bits per heavy atom. The van der Waals surface area contributed by atoms with Crippen LogP contribution in [0.5, 0.6) is 0 Å². The number of methoxy groups -OCH3 is 1. The van der Waals surface area contributed by atoms with Gasteiger partial charge in [-0.1, -0.05) is 37.3 Å². The molecule has 0 aliphatic rings. The molecule has 0 aliphatic heterocycles. The van der Waals surface area contributed by atoms with E-state index < -0.39 is 11.0 Å². The molecule has 1 aromatic carbocycles. The van der Waals surface area contributed by atoms with Crippen molar-refractivity contribution in [3.8, 4) is 6.07 Å². The maximum Gasteiger partial charge on any atom is 0.131 e. The molecule has 0 bridgehead atoms. The molecule has 1 aromatic rings. The van der Waals surface area contributed by atoms with Crippen molar-refractivity contribution in [2.75, 3.05) is 13.7 Å². The third kappa shape index (κ3) is 2.33. The molecule has 0 spiro atoms. The largest absolute Gasteiger partial charge is 0.381 e. The van der Waals surface area contributed by atoms with Gasteiger partial charge in [0.2, 0.25) is 0 Å². The Hall–Kier alpha value is -1.37. The smallest absolute Gasteiger partial charge is 0.131 e. The fraction of sp³-hybridized carbons (Fsp3) is 0.500. The van der Waals surface area contributed by atoms with E-state index in [2.05, 4.69) is 6.07 Å². The van der Waals surface area contributed by atoms with Crippen LogP contribution < -0.4 is 0 Å². The van der Waals surface area contributed by atoms with Crippen LogP contribution in [0.25, 0.3) is 0 Å². The van der Waals surface area contributed by atoms with Gasteiger partial charge in [-0.05, 0) is 18.9 Å². The second-order valence-corrected chi connectivity index (χ2v) is 4.46. The van der Waals surface area contributed by atoms with Gasteiger partial charge in [-0.25, -0.2) is 0 Å². The van der Waals surface area contributed by atoms with Crippen molar-refractivity contribution in [1.29, 1.82) is 5.26 Å². The molecule has 2 atom stereocenters. The highest BCUT2D eigenvalue weighted by Gasteiger charge is 2.47. The van der Waals surface area contributed by atoms with Crippen molar-refractivity contribution in [2.24, 2.45) is 5.41 Å². The number of ether oxygens (including phenoxy) is 1. The Morgan fingerprint density at radius 1 is 1.35 bits per heavy atom. The van der Waals surface area contributed by atoms with E-state index in [-0.39, 0.29) is 6.61 Å². The fourth-order valence-electron chi connectivity index (χ4n) is 1.95. The molecular weight excluding hydrogens is 214 g/mol. The lowest BCUT2D eigenvalue weighted by atomic mass is 9.69. The average Bonchev–Trinajstić information content (AvgIpc) is 2.38. The average molecular weight is 233 g/mol. The maximum absolute atomic E-state index is 10.9. The summed E-state index contributed by atoms with van der Waals surface area (Å²) in [5.74, 6) is 0. The van der Waals surface area contributed by atoms with Gasteiger partial charge in [0.1, 0.15) is 5.60 Å². The van der Waals surface area contributed by atoms with Crippen LogP contribution in [-0.2, 0) is 10.3 Å². The molecule has 92 valence electrons. The molecule has 0 aromatic heterocycles. The van der Waals surface area contributed by atoms with Gasteiger partial charge in [-0.3, -0.25) is 0 Å². The summed E-state index contributed by atoms with van der Waals surface area (Å²) in [6.07, 6.45) is 0.554. The Labute approximate surface area is 103 Å². The zero-order valence-corrected chi connectivity index (χ0v) is 10.6. The third-order valence-electron chi connectivity index (χ3n) is 3.47. The Bertz CT molecular complexity index is 398. The Kier molecular flexibility index (Phi) is 4.28. The van der Waals surface area contributed by atoms with E-state index in [1.807, 2.05) is 37.3 Å². The lowest BCUT2D eigenvalue weighted by molar-refractivity contribution is -0.104. The van der Waals surface area contributed by atoms with Gasteiger partial charge < -0.3 is 9.84 Å². The zero-order chi connectivity index (χ0) is 12.9. The molecule has 0 radical (unpaired) electrons. The van der Waals surface area contributed by atoms with E-state index >= 15 is 0 Å². The number of rotatable bonds is 5. The summed E-state index contributed by atoms with van der Waals surface area (Å²) >= 11 is 0.